The van der Waals surface area contributed by atoms with Gasteiger partial charge in [0.2, 0.25) is 0 Å². The lowest BCUT2D eigenvalue weighted by Gasteiger charge is -2.15. The van der Waals surface area contributed by atoms with Gasteiger partial charge in [-0.05, 0) is 31.9 Å². The Morgan fingerprint density at radius 1 is 1.39 bits per heavy atom. The molecule has 0 saturated carbocycles. The molecule has 1 unspecified atom stereocenters. The molecule has 2 nitrogen and oxygen atoms in total. The largest absolute Gasteiger partial charge is 0.489 e. The molecule has 0 fully saturated rings. The highest BCUT2D eigenvalue weighted by atomic mass is 35.5. The Morgan fingerprint density at radius 2 is 2.11 bits per heavy atom. The van der Waals surface area contributed by atoms with E-state index in [-0.39, 0.29) is 6.10 Å². The topological polar surface area (TPSA) is 26.3 Å². The van der Waals surface area contributed by atoms with E-state index in [9.17, 15) is 4.79 Å². The van der Waals surface area contributed by atoms with Gasteiger partial charge in [0, 0.05) is 12.8 Å². The SMILES string of the molecule is CCC(=O)CCCC(C)Oc1cccc(Cl)c1Cl. The molecule has 1 aromatic rings. The molecule has 1 atom stereocenters. The van der Waals surface area contributed by atoms with Gasteiger partial charge in [0.1, 0.15) is 16.6 Å². The molecule has 0 radical (unpaired) electrons. The molecule has 0 aliphatic carbocycles. The van der Waals surface area contributed by atoms with Gasteiger partial charge in [0.15, 0.2) is 0 Å². The van der Waals surface area contributed by atoms with Gasteiger partial charge >= 0.3 is 0 Å². The van der Waals surface area contributed by atoms with E-state index < -0.39 is 0 Å². The lowest BCUT2D eigenvalue weighted by molar-refractivity contribution is -0.118. The number of carbonyl (C=O) groups is 1. The number of ether oxygens (including phenoxy) is 1. The van der Waals surface area contributed by atoms with Crippen LogP contribution in [-0.2, 0) is 4.79 Å². The highest BCUT2D eigenvalue weighted by molar-refractivity contribution is 6.42. The smallest absolute Gasteiger partial charge is 0.139 e. The van der Waals surface area contributed by atoms with E-state index in [1.807, 2.05) is 13.8 Å². The number of hydrogen-bond acceptors (Lipinski definition) is 2. The third kappa shape index (κ3) is 4.87. The summed E-state index contributed by atoms with van der Waals surface area (Å²) in [5.41, 5.74) is 0. The van der Waals surface area contributed by atoms with Gasteiger partial charge in [-0.2, -0.15) is 0 Å². The summed E-state index contributed by atoms with van der Waals surface area (Å²) in [4.78, 5) is 11.2. The number of benzene rings is 1. The summed E-state index contributed by atoms with van der Waals surface area (Å²) < 4.78 is 5.71. The summed E-state index contributed by atoms with van der Waals surface area (Å²) in [6.45, 7) is 3.85. The molecule has 0 aromatic heterocycles. The van der Waals surface area contributed by atoms with E-state index in [1.54, 1.807) is 18.2 Å². The van der Waals surface area contributed by atoms with E-state index in [1.165, 1.54) is 0 Å². The van der Waals surface area contributed by atoms with Crippen molar-refractivity contribution in [2.75, 3.05) is 0 Å². The maximum atomic E-state index is 11.2. The Hall–Kier alpha value is -0.730. The zero-order valence-corrected chi connectivity index (χ0v) is 12.2. The fourth-order valence-electron chi connectivity index (χ4n) is 1.61. The maximum Gasteiger partial charge on any atom is 0.139 e. The van der Waals surface area contributed by atoms with Crippen LogP contribution in [0.4, 0.5) is 0 Å². The molecular weight excluding hydrogens is 271 g/mol. The Kier molecular flexibility index (Phi) is 6.51. The molecule has 4 heteroatoms. The lowest BCUT2D eigenvalue weighted by atomic mass is 10.1. The van der Waals surface area contributed by atoms with Gasteiger partial charge in [0.05, 0.1) is 11.1 Å². The van der Waals surface area contributed by atoms with Gasteiger partial charge in [-0.25, -0.2) is 0 Å². The first kappa shape index (κ1) is 15.3. The average molecular weight is 289 g/mol. The Bertz CT molecular complexity index is 405. The van der Waals surface area contributed by atoms with E-state index >= 15 is 0 Å². The van der Waals surface area contributed by atoms with Crippen LogP contribution in [0.3, 0.4) is 0 Å². The van der Waals surface area contributed by atoms with Crippen molar-refractivity contribution in [1.29, 1.82) is 0 Å². The summed E-state index contributed by atoms with van der Waals surface area (Å²) in [5, 5.41) is 0.929. The van der Waals surface area contributed by atoms with E-state index in [0.717, 1.165) is 12.8 Å². The molecule has 0 spiro atoms. The number of Topliss-reactive ketones (excluding diaryl/α,β-unsaturated/α-hetero) is 1. The van der Waals surface area contributed by atoms with Crippen LogP contribution in [0.25, 0.3) is 0 Å². The van der Waals surface area contributed by atoms with Crippen molar-refractivity contribution < 1.29 is 9.53 Å². The molecule has 0 aliphatic heterocycles. The molecule has 0 saturated heterocycles. The molecule has 0 N–H and O–H groups in total. The van der Waals surface area contributed by atoms with Gasteiger partial charge in [-0.15, -0.1) is 0 Å². The van der Waals surface area contributed by atoms with Crippen LogP contribution in [0.2, 0.25) is 10.0 Å². The zero-order chi connectivity index (χ0) is 13.5. The average Bonchev–Trinajstić information content (AvgIpc) is 2.34. The Morgan fingerprint density at radius 3 is 2.78 bits per heavy atom. The number of halogens is 2. The maximum absolute atomic E-state index is 11.2. The third-order valence-corrected chi connectivity index (χ3v) is 3.51. The Balaban J connectivity index is 2.42. The molecule has 1 aromatic carbocycles. The predicted octanol–water partition coefficient (Wildman–Crippen LogP) is 4.91. The summed E-state index contributed by atoms with van der Waals surface area (Å²) in [7, 11) is 0. The fraction of sp³-hybridized carbons (Fsp3) is 0.500. The number of rotatable bonds is 7. The van der Waals surface area contributed by atoms with Crippen molar-refractivity contribution in [1.82, 2.24) is 0 Å². The van der Waals surface area contributed by atoms with Crippen LogP contribution >= 0.6 is 23.2 Å². The van der Waals surface area contributed by atoms with Crippen molar-refractivity contribution in [2.24, 2.45) is 0 Å². The normalized spacial score (nSPS) is 12.2. The minimum Gasteiger partial charge on any atom is -0.489 e. The second kappa shape index (κ2) is 7.65. The highest BCUT2D eigenvalue weighted by Crippen LogP contribution is 2.32. The van der Waals surface area contributed by atoms with E-state index in [2.05, 4.69) is 0 Å². The number of ketones is 1. The molecule has 0 heterocycles. The summed E-state index contributed by atoms with van der Waals surface area (Å²) in [6.07, 6.45) is 2.91. The van der Waals surface area contributed by atoms with Crippen molar-refractivity contribution in [3.8, 4) is 5.75 Å². The van der Waals surface area contributed by atoms with Crippen LogP contribution in [-0.4, -0.2) is 11.9 Å². The molecule has 0 amide bonds. The standard InChI is InChI=1S/C14H18Cl2O2/c1-3-11(17)7-4-6-10(2)18-13-9-5-8-12(15)14(13)16/h5,8-10H,3-4,6-7H2,1-2H3. The van der Waals surface area contributed by atoms with Gasteiger partial charge in [-0.1, -0.05) is 36.2 Å². The second-order valence-corrected chi connectivity index (χ2v) is 5.05. The Labute approximate surface area is 118 Å². The summed E-state index contributed by atoms with van der Waals surface area (Å²) in [5.74, 6) is 0.890. The van der Waals surface area contributed by atoms with Crippen molar-refractivity contribution >= 4 is 29.0 Å². The molecular formula is C14H18Cl2O2. The minimum absolute atomic E-state index is 0.0191. The van der Waals surface area contributed by atoms with Crippen molar-refractivity contribution in [3.05, 3.63) is 28.2 Å². The number of carbonyl (C=O) groups excluding carboxylic acids is 1. The predicted molar refractivity (Wildman–Crippen MR) is 75.7 cm³/mol. The van der Waals surface area contributed by atoms with Crippen LogP contribution in [0.5, 0.6) is 5.75 Å². The summed E-state index contributed by atoms with van der Waals surface area (Å²) in [6, 6.07) is 5.32. The monoisotopic (exact) mass is 288 g/mol. The number of hydrogen-bond donors (Lipinski definition) is 0. The minimum atomic E-state index is 0.0191. The van der Waals surface area contributed by atoms with Crippen molar-refractivity contribution in [2.45, 2.75) is 45.6 Å². The molecule has 18 heavy (non-hydrogen) atoms. The highest BCUT2D eigenvalue weighted by Gasteiger charge is 2.10. The van der Waals surface area contributed by atoms with Gasteiger partial charge in [0.25, 0.3) is 0 Å². The van der Waals surface area contributed by atoms with E-state index in [0.29, 0.717) is 34.4 Å². The second-order valence-electron chi connectivity index (χ2n) is 4.26. The van der Waals surface area contributed by atoms with Crippen LogP contribution < -0.4 is 4.74 Å². The third-order valence-electron chi connectivity index (χ3n) is 2.70. The van der Waals surface area contributed by atoms with E-state index in [4.69, 9.17) is 27.9 Å². The molecule has 0 aliphatic rings. The lowest BCUT2D eigenvalue weighted by Crippen LogP contribution is -2.12. The van der Waals surface area contributed by atoms with Gasteiger partial charge in [-0.3, -0.25) is 4.79 Å². The van der Waals surface area contributed by atoms with Crippen LogP contribution in [0.15, 0.2) is 18.2 Å². The first-order chi connectivity index (χ1) is 8.54. The fourth-order valence-corrected chi connectivity index (χ4v) is 1.95. The first-order valence-electron chi connectivity index (χ1n) is 6.17. The van der Waals surface area contributed by atoms with Crippen LogP contribution in [0, 0.1) is 0 Å². The quantitative estimate of drug-likeness (QED) is 0.713. The summed E-state index contributed by atoms with van der Waals surface area (Å²) >= 11 is 11.9. The van der Waals surface area contributed by atoms with Gasteiger partial charge < -0.3 is 4.74 Å². The first-order valence-corrected chi connectivity index (χ1v) is 6.92. The van der Waals surface area contributed by atoms with Crippen LogP contribution in [0.1, 0.15) is 39.5 Å². The molecule has 0 bridgehead atoms. The zero-order valence-electron chi connectivity index (χ0n) is 10.7. The molecule has 1 rings (SSSR count). The van der Waals surface area contributed by atoms with Crippen molar-refractivity contribution in [3.63, 3.8) is 0 Å². The molecule has 100 valence electrons.